The van der Waals surface area contributed by atoms with Crippen molar-refractivity contribution in [1.82, 2.24) is 9.55 Å². The molecular weight excluding hydrogens is 328 g/mol. The molecule has 0 radical (unpaired) electrons. The second kappa shape index (κ2) is 8.01. The predicted molar refractivity (Wildman–Crippen MR) is 104 cm³/mol. The highest BCUT2D eigenvalue weighted by Gasteiger charge is 2.13. The van der Waals surface area contributed by atoms with Crippen molar-refractivity contribution in [1.29, 1.82) is 0 Å². The van der Waals surface area contributed by atoms with Gasteiger partial charge in [-0.3, -0.25) is 4.79 Å². The van der Waals surface area contributed by atoms with Gasteiger partial charge in [0, 0.05) is 12.2 Å². The maximum Gasteiger partial charge on any atom is 0.244 e. The van der Waals surface area contributed by atoms with Crippen molar-refractivity contribution in [2.75, 3.05) is 23.8 Å². The van der Waals surface area contributed by atoms with E-state index in [1.807, 2.05) is 53.1 Å². The van der Waals surface area contributed by atoms with Gasteiger partial charge in [0.05, 0.1) is 17.6 Å². The van der Waals surface area contributed by atoms with Crippen LogP contribution in [-0.2, 0) is 11.3 Å². The summed E-state index contributed by atoms with van der Waals surface area (Å²) in [6, 6.07) is 15.6. The van der Waals surface area contributed by atoms with Gasteiger partial charge < -0.3 is 20.3 Å². The van der Waals surface area contributed by atoms with E-state index < -0.39 is 0 Å². The first-order chi connectivity index (χ1) is 12.6. The van der Waals surface area contributed by atoms with E-state index in [0.717, 1.165) is 16.7 Å². The van der Waals surface area contributed by atoms with Crippen molar-refractivity contribution in [3.05, 3.63) is 54.1 Å². The van der Waals surface area contributed by atoms with Gasteiger partial charge in [0.15, 0.2) is 0 Å². The molecule has 0 saturated heterocycles. The average molecular weight is 352 g/mol. The molecule has 3 aromatic rings. The SMILES string of the molecule is CC(C)c1ccc(NC(=O)Cn2c(NCCO)nc3ccccc32)cc1. The molecule has 2 aromatic carbocycles. The van der Waals surface area contributed by atoms with Crippen molar-refractivity contribution in [3.63, 3.8) is 0 Å². The first kappa shape index (κ1) is 17.9. The number of benzene rings is 2. The highest BCUT2D eigenvalue weighted by molar-refractivity contribution is 5.92. The second-order valence-corrected chi connectivity index (χ2v) is 6.49. The Balaban J connectivity index is 1.77. The fourth-order valence-electron chi connectivity index (χ4n) is 2.83. The van der Waals surface area contributed by atoms with Gasteiger partial charge in [0.25, 0.3) is 0 Å². The molecule has 136 valence electrons. The van der Waals surface area contributed by atoms with E-state index in [0.29, 0.717) is 18.4 Å². The normalized spacial score (nSPS) is 11.1. The summed E-state index contributed by atoms with van der Waals surface area (Å²) in [5.41, 5.74) is 3.69. The smallest absolute Gasteiger partial charge is 0.244 e. The fraction of sp³-hybridized carbons (Fsp3) is 0.300. The lowest BCUT2D eigenvalue weighted by molar-refractivity contribution is -0.116. The number of amides is 1. The molecule has 0 spiro atoms. The van der Waals surface area contributed by atoms with Crippen LogP contribution in [0.1, 0.15) is 25.3 Å². The van der Waals surface area contributed by atoms with Gasteiger partial charge in [0.2, 0.25) is 11.9 Å². The van der Waals surface area contributed by atoms with Crippen molar-refractivity contribution < 1.29 is 9.90 Å². The molecule has 1 heterocycles. The van der Waals surface area contributed by atoms with Gasteiger partial charge in [-0.15, -0.1) is 0 Å². The zero-order valence-corrected chi connectivity index (χ0v) is 15.1. The highest BCUT2D eigenvalue weighted by Crippen LogP contribution is 2.20. The number of imidazole rings is 1. The minimum Gasteiger partial charge on any atom is -0.395 e. The monoisotopic (exact) mass is 352 g/mol. The quantitative estimate of drug-likeness (QED) is 0.610. The summed E-state index contributed by atoms with van der Waals surface area (Å²) in [6.07, 6.45) is 0. The lowest BCUT2D eigenvalue weighted by Crippen LogP contribution is -2.21. The number of anilines is 2. The Morgan fingerprint density at radius 2 is 1.88 bits per heavy atom. The van der Waals surface area contributed by atoms with Gasteiger partial charge >= 0.3 is 0 Å². The number of rotatable bonds is 7. The van der Waals surface area contributed by atoms with Gasteiger partial charge in [-0.1, -0.05) is 38.1 Å². The van der Waals surface area contributed by atoms with Crippen LogP contribution < -0.4 is 10.6 Å². The summed E-state index contributed by atoms with van der Waals surface area (Å²) < 4.78 is 1.82. The number of carbonyl (C=O) groups is 1. The Labute approximate surface area is 152 Å². The summed E-state index contributed by atoms with van der Waals surface area (Å²) in [5.74, 6) is 0.903. The summed E-state index contributed by atoms with van der Waals surface area (Å²) in [5, 5.41) is 15.0. The molecule has 0 unspecified atom stereocenters. The molecule has 0 saturated carbocycles. The fourth-order valence-corrected chi connectivity index (χ4v) is 2.83. The second-order valence-electron chi connectivity index (χ2n) is 6.49. The first-order valence-corrected chi connectivity index (χ1v) is 8.78. The summed E-state index contributed by atoms with van der Waals surface area (Å²) in [4.78, 5) is 17.0. The Bertz CT molecular complexity index is 884. The highest BCUT2D eigenvalue weighted by atomic mass is 16.3. The number of fused-ring (bicyclic) bond motifs is 1. The Kier molecular flexibility index (Phi) is 5.53. The Morgan fingerprint density at radius 1 is 1.15 bits per heavy atom. The molecule has 3 N–H and O–H groups in total. The number of nitrogens with one attached hydrogen (secondary N) is 2. The van der Waals surface area contributed by atoms with Crippen molar-refractivity contribution >= 4 is 28.6 Å². The van der Waals surface area contributed by atoms with Crippen molar-refractivity contribution in [2.45, 2.75) is 26.3 Å². The van der Waals surface area contributed by atoms with Crippen LogP contribution in [0, 0.1) is 0 Å². The van der Waals surface area contributed by atoms with E-state index in [2.05, 4.69) is 29.5 Å². The largest absolute Gasteiger partial charge is 0.395 e. The molecule has 0 aliphatic rings. The molecule has 6 nitrogen and oxygen atoms in total. The lowest BCUT2D eigenvalue weighted by Gasteiger charge is -2.11. The van der Waals surface area contributed by atoms with E-state index in [1.165, 1.54) is 5.56 Å². The first-order valence-electron chi connectivity index (χ1n) is 8.78. The topological polar surface area (TPSA) is 79.2 Å². The third-order valence-corrected chi connectivity index (χ3v) is 4.21. The molecule has 3 rings (SSSR count). The third-order valence-electron chi connectivity index (χ3n) is 4.21. The maximum atomic E-state index is 12.5. The Hall–Kier alpha value is -2.86. The molecular formula is C20H24N4O2. The minimum absolute atomic E-state index is 0.00238. The molecule has 0 aliphatic carbocycles. The van der Waals surface area contributed by atoms with E-state index in [4.69, 9.17) is 5.11 Å². The molecule has 0 aliphatic heterocycles. The number of carbonyl (C=O) groups excluding carboxylic acids is 1. The van der Waals surface area contributed by atoms with Crippen LogP contribution in [0.3, 0.4) is 0 Å². The number of hydrogen-bond donors (Lipinski definition) is 3. The summed E-state index contributed by atoms with van der Waals surface area (Å²) >= 11 is 0. The molecule has 6 heteroatoms. The third kappa shape index (κ3) is 4.03. The zero-order valence-electron chi connectivity index (χ0n) is 15.1. The summed E-state index contributed by atoms with van der Waals surface area (Å²) in [6.45, 7) is 4.79. The zero-order chi connectivity index (χ0) is 18.5. The van der Waals surface area contributed by atoms with Crippen LogP contribution in [0.15, 0.2) is 48.5 Å². The van der Waals surface area contributed by atoms with Gasteiger partial charge in [-0.25, -0.2) is 4.98 Å². The standard InChI is InChI=1S/C20H24N4O2/c1-14(2)15-7-9-16(10-8-15)22-19(26)13-24-18-6-4-3-5-17(18)23-20(24)21-11-12-25/h3-10,14,25H,11-13H2,1-2H3,(H,21,23)(H,22,26). The van der Waals surface area contributed by atoms with Crippen molar-refractivity contribution in [3.8, 4) is 0 Å². The van der Waals surface area contributed by atoms with Gasteiger partial charge in [-0.05, 0) is 35.7 Å². The van der Waals surface area contributed by atoms with Crippen LogP contribution in [-0.4, -0.2) is 33.7 Å². The van der Waals surface area contributed by atoms with Crippen LogP contribution in [0.2, 0.25) is 0 Å². The number of aromatic nitrogens is 2. The molecule has 0 atom stereocenters. The predicted octanol–water partition coefficient (Wildman–Crippen LogP) is 3.20. The van der Waals surface area contributed by atoms with Crippen LogP contribution in [0.25, 0.3) is 11.0 Å². The van der Waals surface area contributed by atoms with Gasteiger partial charge in [-0.2, -0.15) is 0 Å². The number of para-hydroxylation sites is 2. The van der Waals surface area contributed by atoms with E-state index in [-0.39, 0.29) is 19.1 Å². The lowest BCUT2D eigenvalue weighted by atomic mass is 10.0. The molecule has 1 amide bonds. The van der Waals surface area contributed by atoms with Crippen LogP contribution >= 0.6 is 0 Å². The van der Waals surface area contributed by atoms with Crippen molar-refractivity contribution in [2.24, 2.45) is 0 Å². The van der Waals surface area contributed by atoms with Gasteiger partial charge in [0.1, 0.15) is 6.54 Å². The molecule has 0 fully saturated rings. The number of aliphatic hydroxyl groups is 1. The minimum atomic E-state index is -0.127. The number of aliphatic hydroxyl groups excluding tert-OH is 1. The average Bonchev–Trinajstić information content (AvgIpc) is 2.98. The van der Waals surface area contributed by atoms with E-state index in [1.54, 1.807) is 0 Å². The molecule has 0 bridgehead atoms. The molecule has 26 heavy (non-hydrogen) atoms. The van der Waals surface area contributed by atoms with Crippen LogP contribution in [0.5, 0.6) is 0 Å². The van der Waals surface area contributed by atoms with E-state index >= 15 is 0 Å². The maximum absolute atomic E-state index is 12.5. The van der Waals surface area contributed by atoms with E-state index in [9.17, 15) is 4.79 Å². The summed E-state index contributed by atoms with van der Waals surface area (Å²) in [7, 11) is 0. The Morgan fingerprint density at radius 3 is 2.58 bits per heavy atom. The number of nitrogens with zero attached hydrogens (tertiary/aromatic N) is 2. The molecule has 1 aromatic heterocycles. The number of hydrogen-bond acceptors (Lipinski definition) is 4. The van der Waals surface area contributed by atoms with Crippen LogP contribution in [0.4, 0.5) is 11.6 Å².